The fraction of sp³-hybridized carbons (Fsp3) is 0.0588. The largest absolute Gasteiger partial charge is 0.368 e. The van der Waals surface area contributed by atoms with E-state index in [-0.39, 0.29) is 28.0 Å². The van der Waals surface area contributed by atoms with Crippen LogP contribution in [-0.4, -0.2) is 24.7 Å². The summed E-state index contributed by atoms with van der Waals surface area (Å²) in [5.74, 6) is -0.484. The molecule has 4 rings (SSSR count). The van der Waals surface area contributed by atoms with E-state index in [2.05, 4.69) is 25.4 Å². The molecule has 0 aliphatic heterocycles. The molecule has 0 saturated heterocycles. The van der Waals surface area contributed by atoms with Crippen molar-refractivity contribution in [3.8, 4) is 5.69 Å². The molecule has 7 nitrogen and oxygen atoms in total. The molecule has 10 heteroatoms. The summed E-state index contributed by atoms with van der Waals surface area (Å²) in [6.45, 7) is 1.76. The van der Waals surface area contributed by atoms with Gasteiger partial charge < -0.3 is 11.1 Å². The first-order chi connectivity index (χ1) is 12.9. The number of nitrogens with zero attached hydrogens (tertiary/aromatic N) is 5. The first-order valence-electron chi connectivity index (χ1n) is 7.79. The van der Waals surface area contributed by atoms with Crippen molar-refractivity contribution < 1.29 is 8.78 Å². The second kappa shape index (κ2) is 6.44. The van der Waals surface area contributed by atoms with Crippen molar-refractivity contribution in [2.24, 2.45) is 0 Å². The number of benzene rings is 1. The van der Waals surface area contributed by atoms with Gasteiger partial charge in [0.2, 0.25) is 5.95 Å². The Morgan fingerprint density at radius 2 is 2.00 bits per heavy atom. The molecule has 0 fully saturated rings. The Balaban J connectivity index is 1.86. The lowest BCUT2D eigenvalue weighted by atomic mass is 10.3. The molecular weight excluding hydrogens is 376 g/mol. The summed E-state index contributed by atoms with van der Waals surface area (Å²) < 4.78 is 29.6. The van der Waals surface area contributed by atoms with Crippen LogP contribution in [0.3, 0.4) is 0 Å². The van der Waals surface area contributed by atoms with Crippen LogP contribution in [0.15, 0.2) is 36.7 Å². The Morgan fingerprint density at radius 3 is 2.74 bits per heavy atom. The van der Waals surface area contributed by atoms with Crippen LogP contribution in [0.2, 0.25) is 5.02 Å². The zero-order chi connectivity index (χ0) is 19.1. The number of nitrogen functional groups attached to an aromatic ring is 1. The van der Waals surface area contributed by atoms with Gasteiger partial charge >= 0.3 is 0 Å². The average Bonchev–Trinajstić information content (AvgIpc) is 3.02. The SMILES string of the molecule is Cc1cc(Nc2ncc(F)c3nn(-c4c(F)cccc4Cl)cc23)nc(N)n1. The molecule has 0 unspecified atom stereocenters. The van der Waals surface area contributed by atoms with Crippen molar-refractivity contribution in [1.82, 2.24) is 24.7 Å². The van der Waals surface area contributed by atoms with E-state index in [0.717, 1.165) is 6.20 Å². The molecule has 0 amide bonds. The monoisotopic (exact) mass is 387 g/mol. The second-order valence-corrected chi connectivity index (χ2v) is 6.15. The Hall–Kier alpha value is -3.33. The molecule has 0 atom stereocenters. The minimum absolute atomic E-state index is 0.00516. The molecule has 3 N–H and O–H groups in total. The van der Waals surface area contributed by atoms with Crippen molar-refractivity contribution >= 4 is 40.1 Å². The van der Waals surface area contributed by atoms with Crippen LogP contribution in [-0.2, 0) is 0 Å². The molecule has 0 bridgehead atoms. The zero-order valence-corrected chi connectivity index (χ0v) is 14.7. The lowest BCUT2D eigenvalue weighted by molar-refractivity contribution is 0.608. The highest BCUT2D eigenvalue weighted by Gasteiger charge is 2.17. The lowest BCUT2D eigenvalue weighted by Crippen LogP contribution is -2.02. The number of hydrogen-bond acceptors (Lipinski definition) is 6. The van der Waals surface area contributed by atoms with Gasteiger partial charge in [0.25, 0.3) is 0 Å². The van der Waals surface area contributed by atoms with Gasteiger partial charge in [0.1, 0.15) is 28.7 Å². The number of anilines is 3. The Morgan fingerprint density at radius 1 is 1.19 bits per heavy atom. The predicted octanol–water partition coefficient (Wildman–Crippen LogP) is 3.78. The Kier molecular flexibility index (Phi) is 4.08. The molecular formula is C17H12ClF2N7. The van der Waals surface area contributed by atoms with E-state index in [9.17, 15) is 8.78 Å². The van der Waals surface area contributed by atoms with Crippen LogP contribution in [0, 0.1) is 18.6 Å². The van der Waals surface area contributed by atoms with Crippen LogP contribution in [0.4, 0.5) is 26.4 Å². The highest BCUT2D eigenvalue weighted by molar-refractivity contribution is 6.32. The van der Waals surface area contributed by atoms with Crippen molar-refractivity contribution in [1.29, 1.82) is 0 Å². The van der Waals surface area contributed by atoms with Gasteiger partial charge in [-0.2, -0.15) is 10.1 Å². The van der Waals surface area contributed by atoms with E-state index in [0.29, 0.717) is 16.9 Å². The van der Waals surface area contributed by atoms with Gasteiger partial charge in [-0.15, -0.1) is 0 Å². The third-order valence-corrected chi connectivity index (χ3v) is 4.09. The maximum Gasteiger partial charge on any atom is 0.222 e. The summed E-state index contributed by atoms with van der Waals surface area (Å²) in [6.07, 6.45) is 2.46. The van der Waals surface area contributed by atoms with Crippen molar-refractivity contribution in [3.05, 3.63) is 59.0 Å². The molecule has 3 aromatic heterocycles. The minimum Gasteiger partial charge on any atom is -0.368 e. The number of fused-ring (bicyclic) bond motifs is 1. The smallest absolute Gasteiger partial charge is 0.222 e. The fourth-order valence-electron chi connectivity index (χ4n) is 2.67. The summed E-state index contributed by atoms with van der Waals surface area (Å²) >= 11 is 6.08. The van der Waals surface area contributed by atoms with Crippen LogP contribution in [0.1, 0.15) is 5.69 Å². The van der Waals surface area contributed by atoms with Gasteiger partial charge in [0, 0.05) is 18.0 Å². The van der Waals surface area contributed by atoms with Crippen LogP contribution in [0.25, 0.3) is 16.6 Å². The normalized spacial score (nSPS) is 11.1. The molecule has 0 radical (unpaired) electrons. The van der Waals surface area contributed by atoms with Gasteiger partial charge in [0.05, 0.1) is 16.6 Å². The van der Waals surface area contributed by atoms with E-state index >= 15 is 0 Å². The van der Waals surface area contributed by atoms with Gasteiger partial charge in [-0.05, 0) is 19.1 Å². The maximum absolute atomic E-state index is 14.2. The van der Waals surface area contributed by atoms with Crippen LogP contribution in [0.5, 0.6) is 0 Å². The van der Waals surface area contributed by atoms with E-state index in [4.69, 9.17) is 17.3 Å². The first-order valence-corrected chi connectivity index (χ1v) is 8.16. The van der Waals surface area contributed by atoms with Crippen molar-refractivity contribution in [3.63, 3.8) is 0 Å². The lowest BCUT2D eigenvalue weighted by Gasteiger charge is -2.07. The number of aromatic nitrogens is 5. The third-order valence-electron chi connectivity index (χ3n) is 3.79. The summed E-state index contributed by atoms with van der Waals surface area (Å²) in [6, 6.07) is 5.90. The summed E-state index contributed by atoms with van der Waals surface area (Å²) in [7, 11) is 0. The highest BCUT2D eigenvalue weighted by Crippen LogP contribution is 2.29. The van der Waals surface area contributed by atoms with Crippen molar-refractivity contribution in [2.75, 3.05) is 11.1 Å². The summed E-state index contributed by atoms with van der Waals surface area (Å²) in [5, 5.41) is 7.55. The van der Waals surface area contributed by atoms with E-state index in [1.54, 1.807) is 13.0 Å². The molecule has 136 valence electrons. The number of nitrogens with two attached hydrogens (primary N) is 1. The molecule has 0 saturated carbocycles. The number of rotatable bonds is 3. The number of hydrogen-bond donors (Lipinski definition) is 2. The van der Waals surface area contributed by atoms with Crippen LogP contribution >= 0.6 is 11.6 Å². The standard InChI is InChI=1S/C17H12ClF2N7/c1-8-5-13(25-17(21)23-8)24-16-9-7-27(26-14(9)12(20)6-22-16)15-10(18)3-2-4-11(15)19/h2-7H,1H3,(H3,21,22,23,24,25). The van der Waals surface area contributed by atoms with Crippen LogP contribution < -0.4 is 11.1 Å². The molecule has 4 aromatic rings. The third kappa shape index (κ3) is 3.13. The zero-order valence-electron chi connectivity index (χ0n) is 13.9. The molecule has 0 spiro atoms. The molecule has 0 aliphatic rings. The Labute approximate surface area is 156 Å². The van der Waals surface area contributed by atoms with E-state index < -0.39 is 11.6 Å². The highest BCUT2D eigenvalue weighted by atomic mass is 35.5. The van der Waals surface area contributed by atoms with Gasteiger partial charge in [-0.3, -0.25) is 0 Å². The molecule has 0 aliphatic carbocycles. The maximum atomic E-state index is 14.2. The van der Waals surface area contributed by atoms with Gasteiger partial charge in [-0.25, -0.2) is 23.4 Å². The molecule has 27 heavy (non-hydrogen) atoms. The second-order valence-electron chi connectivity index (χ2n) is 5.74. The first kappa shape index (κ1) is 17.1. The van der Waals surface area contributed by atoms with E-state index in [1.807, 2.05) is 0 Å². The van der Waals surface area contributed by atoms with Gasteiger partial charge in [0.15, 0.2) is 5.82 Å². The minimum atomic E-state index is -0.653. The number of nitrogens with one attached hydrogen (secondary N) is 1. The fourth-order valence-corrected chi connectivity index (χ4v) is 2.92. The topological polar surface area (TPSA) is 94.5 Å². The van der Waals surface area contributed by atoms with Crippen molar-refractivity contribution in [2.45, 2.75) is 6.92 Å². The number of pyridine rings is 1. The number of aryl methyl sites for hydroxylation is 1. The number of halogens is 3. The van der Waals surface area contributed by atoms with E-state index in [1.165, 1.54) is 29.1 Å². The average molecular weight is 388 g/mol. The molecule has 3 heterocycles. The number of para-hydroxylation sites is 1. The summed E-state index contributed by atoms with van der Waals surface area (Å²) in [4.78, 5) is 12.1. The van der Waals surface area contributed by atoms with Gasteiger partial charge in [-0.1, -0.05) is 17.7 Å². The summed E-state index contributed by atoms with van der Waals surface area (Å²) in [5.41, 5.74) is 6.32. The quantitative estimate of drug-likeness (QED) is 0.555. The Bertz CT molecular complexity index is 1140. The predicted molar refractivity (Wildman–Crippen MR) is 98.3 cm³/mol. The molecule has 1 aromatic carbocycles.